The van der Waals surface area contributed by atoms with Crippen molar-refractivity contribution in [1.82, 2.24) is 9.88 Å². The summed E-state index contributed by atoms with van der Waals surface area (Å²) in [5.74, 6) is -0.420. The SMILES string of the molecule is NC(=O)c1cc(Br)c(Cl)nc1Nc1ccc(C(=O)N2CCOCC2)cc1. The zero-order valence-electron chi connectivity index (χ0n) is 13.7. The summed E-state index contributed by atoms with van der Waals surface area (Å²) < 4.78 is 5.73. The number of ether oxygens (including phenoxy) is 1. The molecule has 1 saturated heterocycles. The van der Waals surface area contributed by atoms with E-state index in [0.717, 1.165) is 0 Å². The van der Waals surface area contributed by atoms with E-state index < -0.39 is 5.91 Å². The molecule has 136 valence electrons. The molecule has 26 heavy (non-hydrogen) atoms. The third kappa shape index (κ3) is 4.14. The van der Waals surface area contributed by atoms with E-state index in [-0.39, 0.29) is 22.4 Å². The van der Waals surface area contributed by atoms with Crippen molar-refractivity contribution in [3.63, 3.8) is 0 Å². The number of rotatable bonds is 4. The Labute approximate surface area is 163 Å². The summed E-state index contributed by atoms with van der Waals surface area (Å²) in [6.45, 7) is 2.28. The second-order valence-corrected chi connectivity index (χ2v) is 6.84. The van der Waals surface area contributed by atoms with Gasteiger partial charge in [0.05, 0.1) is 23.2 Å². The molecule has 1 aliphatic heterocycles. The highest BCUT2D eigenvalue weighted by Crippen LogP contribution is 2.28. The van der Waals surface area contributed by atoms with Gasteiger partial charge in [0.1, 0.15) is 11.0 Å². The van der Waals surface area contributed by atoms with Gasteiger partial charge in [0, 0.05) is 24.3 Å². The van der Waals surface area contributed by atoms with Crippen molar-refractivity contribution < 1.29 is 14.3 Å². The van der Waals surface area contributed by atoms with Crippen LogP contribution in [0.1, 0.15) is 20.7 Å². The molecule has 0 unspecified atom stereocenters. The lowest BCUT2D eigenvalue weighted by molar-refractivity contribution is 0.0303. The summed E-state index contributed by atoms with van der Waals surface area (Å²) in [7, 11) is 0. The maximum atomic E-state index is 12.4. The summed E-state index contributed by atoms with van der Waals surface area (Å²) in [6, 6.07) is 8.40. The van der Waals surface area contributed by atoms with Gasteiger partial charge in [-0.1, -0.05) is 11.6 Å². The highest BCUT2D eigenvalue weighted by atomic mass is 79.9. The Hall–Kier alpha value is -2.16. The molecule has 2 aromatic rings. The van der Waals surface area contributed by atoms with Crippen molar-refractivity contribution in [2.24, 2.45) is 5.73 Å². The van der Waals surface area contributed by atoms with E-state index >= 15 is 0 Å². The monoisotopic (exact) mass is 438 g/mol. The molecule has 0 saturated carbocycles. The maximum absolute atomic E-state index is 12.4. The van der Waals surface area contributed by atoms with E-state index in [4.69, 9.17) is 22.1 Å². The molecule has 3 rings (SSSR count). The summed E-state index contributed by atoms with van der Waals surface area (Å²) >= 11 is 9.22. The Balaban J connectivity index is 1.78. The lowest BCUT2D eigenvalue weighted by atomic mass is 10.1. The Morgan fingerprint density at radius 1 is 1.23 bits per heavy atom. The van der Waals surface area contributed by atoms with Crippen molar-refractivity contribution in [2.45, 2.75) is 0 Å². The van der Waals surface area contributed by atoms with Crippen LogP contribution in [0.4, 0.5) is 11.5 Å². The van der Waals surface area contributed by atoms with Crippen molar-refractivity contribution >= 4 is 50.9 Å². The van der Waals surface area contributed by atoms with Crippen LogP contribution >= 0.6 is 27.5 Å². The number of nitrogens with one attached hydrogen (secondary N) is 1. The number of nitrogens with zero attached hydrogens (tertiary/aromatic N) is 2. The Morgan fingerprint density at radius 2 is 1.88 bits per heavy atom. The average Bonchev–Trinajstić information content (AvgIpc) is 2.65. The number of halogens is 2. The first-order chi connectivity index (χ1) is 12.5. The molecule has 0 atom stereocenters. The van der Waals surface area contributed by atoms with Gasteiger partial charge in [0.15, 0.2) is 0 Å². The second kappa shape index (κ2) is 8.03. The number of pyridine rings is 1. The van der Waals surface area contributed by atoms with Gasteiger partial charge in [0.2, 0.25) is 0 Å². The zero-order chi connectivity index (χ0) is 18.7. The fourth-order valence-corrected chi connectivity index (χ4v) is 2.99. The standard InChI is InChI=1S/C17H16BrClN4O3/c18-13-9-12(15(20)24)16(22-14(13)19)21-11-3-1-10(2-4-11)17(25)23-5-7-26-8-6-23/h1-4,9H,5-8H2,(H2,20,24)(H,21,22). The van der Waals surface area contributed by atoms with Crippen LogP contribution in [-0.4, -0.2) is 48.0 Å². The summed E-state index contributed by atoms with van der Waals surface area (Å²) in [6.07, 6.45) is 0. The number of anilines is 2. The first-order valence-electron chi connectivity index (χ1n) is 7.85. The molecular weight excluding hydrogens is 424 g/mol. The minimum absolute atomic E-state index is 0.0394. The number of hydrogen-bond acceptors (Lipinski definition) is 5. The first-order valence-corrected chi connectivity index (χ1v) is 9.03. The number of hydrogen-bond donors (Lipinski definition) is 2. The maximum Gasteiger partial charge on any atom is 0.254 e. The van der Waals surface area contributed by atoms with Crippen LogP contribution in [0.5, 0.6) is 0 Å². The van der Waals surface area contributed by atoms with Crippen LogP contribution < -0.4 is 11.1 Å². The highest BCUT2D eigenvalue weighted by Gasteiger charge is 2.18. The first kappa shape index (κ1) is 18.6. The van der Waals surface area contributed by atoms with Crippen LogP contribution in [0.3, 0.4) is 0 Å². The summed E-state index contributed by atoms with van der Waals surface area (Å²) in [4.78, 5) is 30.0. The van der Waals surface area contributed by atoms with Gasteiger partial charge in [-0.3, -0.25) is 9.59 Å². The van der Waals surface area contributed by atoms with E-state index in [1.54, 1.807) is 29.2 Å². The van der Waals surface area contributed by atoms with Gasteiger partial charge in [-0.2, -0.15) is 0 Å². The fourth-order valence-electron chi connectivity index (χ4n) is 2.53. The molecule has 1 aromatic carbocycles. The number of nitrogens with two attached hydrogens (primary N) is 1. The van der Waals surface area contributed by atoms with Crippen molar-refractivity contribution in [2.75, 3.05) is 31.6 Å². The van der Waals surface area contributed by atoms with Crippen molar-refractivity contribution in [3.05, 3.63) is 51.1 Å². The molecule has 7 nitrogen and oxygen atoms in total. The van der Waals surface area contributed by atoms with Crippen LogP contribution in [-0.2, 0) is 4.74 Å². The van der Waals surface area contributed by atoms with Gasteiger partial charge < -0.3 is 20.7 Å². The largest absolute Gasteiger partial charge is 0.378 e. The predicted molar refractivity (Wildman–Crippen MR) is 102 cm³/mol. The van der Waals surface area contributed by atoms with Gasteiger partial charge in [-0.15, -0.1) is 0 Å². The van der Waals surface area contributed by atoms with Gasteiger partial charge in [-0.25, -0.2) is 4.98 Å². The number of primary amides is 1. The van der Waals surface area contributed by atoms with Gasteiger partial charge in [-0.05, 0) is 46.3 Å². The van der Waals surface area contributed by atoms with Gasteiger partial charge in [0.25, 0.3) is 11.8 Å². The summed E-state index contributed by atoms with van der Waals surface area (Å²) in [5.41, 5.74) is 6.82. The molecule has 0 radical (unpaired) electrons. The van der Waals surface area contributed by atoms with E-state index in [1.807, 2.05) is 0 Å². The van der Waals surface area contributed by atoms with Gasteiger partial charge >= 0.3 is 0 Å². The highest BCUT2D eigenvalue weighted by molar-refractivity contribution is 9.10. The van der Waals surface area contributed by atoms with E-state index in [9.17, 15) is 9.59 Å². The molecule has 9 heteroatoms. The van der Waals surface area contributed by atoms with E-state index in [2.05, 4.69) is 26.2 Å². The Bertz CT molecular complexity index is 839. The van der Waals surface area contributed by atoms with E-state index in [1.165, 1.54) is 6.07 Å². The average molecular weight is 440 g/mol. The number of carbonyl (C=O) groups excluding carboxylic acids is 2. The van der Waals surface area contributed by atoms with Crippen LogP contribution in [0, 0.1) is 0 Å². The molecule has 0 bridgehead atoms. The second-order valence-electron chi connectivity index (χ2n) is 5.63. The normalized spacial score (nSPS) is 14.2. The molecule has 2 amide bonds. The zero-order valence-corrected chi connectivity index (χ0v) is 16.0. The van der Waals surface area contributed by atoms with Crippen molar-refractivity contribution in [3.8, 4) is 0 Å². The minimum Gasteiger partial charge on any atom is -0.378 e. The molecular formula is C17H16BrClN4O3. The van der Waals surface area contributed by atoms with Crippen molar-refractivity contribution in [1.29, 1.82) is 0 Å². The molecule has 1 aromatic heterocycles. The van der Waals surface area contributed by atoms with Crippen LogP contribution in [0.2, 0.25) is 5.15 Å². The molecule has 1 fully saturated rings. The topological polar surface area (TPSA) is 97.6 Å². The Morgan fingerprint density at radius 3 is 2.50 bits per heavy atom. The molecule has 1 aliphatic rings. The third-order valence-electron chi connectivity index (χ3n) is 3.89. The molecule has 3 N–H and O–H groups in total. The number of aromatic nitrogens is 1. The van der Waals surface area contributed by atoms with E-state index in [0.29, 0.717) is 42.0 Å². The fraction of sp³-hybridized carbons (Fsp3) is 0.235. The molecule has 0 spiro atoms. The van der Waals surface area contributed by atoms with Crippen LogP contribution in [0.25, 0.3) is 0 Å². The minimum atomic E-state index is -0.628. The van der Waals surface area contributed by atoms with Crippen LogP contribution in [0.15, 0.2) is 34.8 Å². The number of benzene rings is 1. The molecule has 2 heterocycles. The lowest BCUT2D eigenvalue weighted by Crippen LogP contribution is -2.40. The number of amides is 2. The Kier molecular flexibility index (Phi) is 5.75. The lowest BCUT2D eigenvalue weighted by Gasteiger charge is -2.26. The summed E-state index contributed by atoms with van der Waals surface area (Å²) in [5, 5.41) is 3.21. The number of morpholine rings is 1. The molecule has 0 aliphatic carbocycles. The quantitative estimate of drug-likeness (QED) is 0.714. The number of carbonyl (C=O) groups is 2. The third-order valence-corrected chi connectivity index (χ3v) is 5.01. The smallest absolute Gasteiger partial charge is 0.254 e. The predicted octanol–water partition coefficient (Wildman–Crippen LogP) is 2.81.